The molecule has 0 atom stereocenters. The van der Waals surface area contributed by atoms with Crippen LogP contribution in [0, 0.1) is 0 Å². The highest BCUT2D eigenvalue weighted by molar-refractivity contribution is 5.68. The molecule has 1 aromatic carbocycles. The van der Waals surface area contributed by atoms with E-state index in [0.29, 0.717) is 0 Å². The molecule has 4 heteroatoms. The van der Waals surface area contributed by atoms with Crippen LogP contribution in [0.15, 0.2) is 73.3 Å². The molecule has 0 unspecified atom stereocenters. The first kappa shape index (κ1) is 15.3. The van der Waals surface area contributed by atoms with E-state index >= 15 is 0 Å². The Morgan fingerprint density at radius 3 is 2.85 bits per heavy atom. The lowest BCUT2D eigenvalue weighted by atomic mass is 9.98. The molecule has 4 heterocycles. The number of benzene rings is 1. The SMILES string of the molecule is c1cncc(-c2cccc3c2CN(CCc2cn4ccccc4n2)C3)c1. The van der Waals surface area contributed by atoms with Crippen molar-refractivity contribution in [2.75, 3.05) is 6.54 Å². The van der Waals surface area contributed by atoms with Crippen molar-refractivity contribution >= 4 is 5.65 Å². The second kappa shape index (κ2) is 6.39. The largest absolute Gasteiger partial charge is 0.307 e. The third-order valence-electron chi connectivity index (χ3n) is 5.12. The molecule has 0 fully saturated rings. The van der Waals surface area contributed by atoms with Crippen LogP contribution in [0.1, 0.15) is 16.8 Å². The van der Waals surface area contributed by atoms with Gasteiger partial charge in [0.1, 0.15) is 5.65 Å². The number of rotatable bonds is 4. The Labute approximate surface area is 152 Å². The van der Waals surface area contributed by atoms with Gasteiger partial charge in [0.15, 0.2) is 0 Å². The number of fused-ring (bicyclic) bond motifs is 2. The van der Waals surface area contributed by atoms with E-state index in [4.69, 9.17) is 4.98 Å². The van der Waals surface area contributed by atoms with Crippen LogP contribution in [-0.4, -0.2) is 25.8 Å². The summed E-state index contributed by atoms with van der Waals surface area (Å²) in [6, 6.07) is 16.9. The fourth-order valence-electron chi connectivity index (χ4n) is 3.82. The van der Waals surface area contributed by atoms with Gasteiger partial charge < -0.3 is 4.40 Å². The molecule has 1 aliphatic heterocycles. The van der Waals surface area contributed by atoms with E-state index < -0.39 is 0 Å². The molecule has 0 aliphatic carbocycles. The minimum Gasteiger partial charge on any atom is -0.307 e. The van der Waals surface area contributed by atoms with Crippen molar-refractivity contribution in [1.29, 1.82) is 0 Å². The maximum absolute atomic E-state index is 4.72. The minimum atomic E-state index is 0.970. The van der Waals surface area contributed by atoms with Crippen LogP contribution < -0.4 is 0 Å². The molecule has 26 heavy (non-hydrogen) atoms. The van der Waals surface area contributed by atoms with Crippen molar-refractivity contribution < 1.29 is 0 Å². The summed E-state index contributed by atoms with van der Waals surface area (Å²) in [5.74, 6) is 0. The van der Waals surface area contributed by atoms with Gasteiger partial charge in [-0.1, -0.05) is 30.3 Å². The van der Waals surface area contributed by atoms with E-state index in [1.54, 1.807) is 0 Å². The highest BCUT2D eigenvalue weighted by Gasteiger charge is 2.22. The summed E-state index contributed by atoms with van der Waals surface area (Å²) in [5, 5.41) is 0. The number of imidazole rings is 1. The van der Waals surface area contributed by atoms with Crippen LogP contribution in [0.2, 0.25) is 0 Å². The number of aromatic nitrogens is 3. The fourth-order valence-corrected chi connectivity index (χ4v) is 3.82. The van der Waals surface area contributed by atoms with Crippen molar-refractivity contribution in [1.82, 2.24) is 19.3 Å². The summed E-state index contributed by atoms with van der Waals surface area (Å²) >= 11 is 0. The van der Waals surface area contributed by atoms with E-state index in [1.807, 2.05) is 30.6 Å². The Bertz CT molecular complexity index is 1020. The monoisotopic (exact) mass is 340 g/mol. The molecule has 0 amide bonds. The Morgan fingerprint density at radius 2 is 1.96 bits per heavy atom. The molecule has 0 saturated heterocycles. The van der Waals surface area contributed by atoms with Crippen LogP contribution in [0.3, 0.4) is 0 Å². The highest BCUT2D eigenvalue weighted by Crippen LogP contribution is 2.32. The van der Waals surface area contributed by atoms with Crippen molar-refractivity contribution in [2.45, 2.75) is 19.5 Å². The predicted molar refractivity (Wildman–Crippen MR) is 103 cm³/mol. The molecule has 3 aromatic heterocycles. The first-order valence-corrected chi connectivity index (χ1v) is 9.03. The molecule has 0 bridgehead atoms. The van der Waals surface area contributed by atoms with Crippen LogP contribution in [0.25, 0.3) is 16.8 Å². The zero-order chi connectivity index (χ0) is 17.3. The molecular weight excluding hydrogens is 320 g/mol. The first-order chi connectivity index (χ1) is 12.9. The standard InChI is InChI=1S/C22H20N4/c1-2-11-26-15-19(24-22(26)8-1)9-12-25-14-18-5-3-7-20(21(18)16-25)17-6-4-10-23-13-17/h1-8,10-11,13,15H,9,12,14,16H2. The lowest BCUT2D eigenvalue weighted by Crippen LogP contribution is -2.19. The van der Waals surface area contributed by atoms with Gasteiger partial charge in [-0.2, -0.15) is 0 Å². The number of hydrogen-bond acceptors (Lipinski definition) is 3. The average Bonchev–Trinajstić information content (AvgIpc) is 3.30. The summed E-state index contributed by atoms with van der Waals surface area (Å²) in [5.41, 5.74) is 7.56. The van der Waals surface area contributed by atoms with Crippen molar-refractivity contribution in [2.24, 2.45) is 0 Å². The Morgan fingerprint density at radius 1 is 0.962 bits per heavy atom. The summed E-state index contributed by atoms with van der Waals surface area (Å²) in [6.45, 7) is 3.02. The molecular formula is C22H20N4. The van der Waals surface area contributed by atoms with Crippen molar-refractivity contribution in [3.05, 3.63) is 90.1 Å². The average molecular weight is 340 g/mol. The quantitative estimate of drug-likeness (QED) is 0.564. The van der Waals surface area contributed by atoms with Gasteiger partial charge in [-0.25, -0.2) is 4.98 Å². The minimum absolute atomic E-state index is 0.970. The molecule has 0 saturated carbocycles. The second-order valence-corrected chi connectivity index (χ2v) is 6.84. The summed E-state index contributed by atoms with van der Waals surface area (Å²) < 4.78 is 2.09. The normalized spacial score (nSPS) is 14.0. The molecule has 0 radical (unpaired) electrons. The van der Waals surface area contributed by atoms with Gasteiger partial charge in [-0.3, -0.25) is 9.88 Å². The van der Waals surface area contributed by atoms with E-state index in [2.05, 4.69) is 57.0 Å². The Balaban J connectivity index is 1.33. The van der Waals surface area contributed by atoms with Gasteiger partial charge in [-0.15, -0.1) is 0 Å². The van der Waals surface area contributed by atoms with Crippen LogP contribution >= 0.6 is 0 Å². The van der Waals surface area contributed by atoms with Gasteiger partial charge in [-0.05, 0) is 34.9 Å². The maximum atomic E-state index is 4.72. The van der Waals surface area contributed by atoms with Crippen LogP contribution in [0.4, 0.5) is 0 Å². The number of nitrogens with zero attached hydrogens (tertiary/aromatic N) is 4. The van der Waals surface area contributed by atoms with Gasteiger partial charge >= 0.3 is 0 Å². The topological polar surface area (TPSA) is 33.4 Å². The van der Waals surface area contributed by atoms with Crippen LogP contribution in [-0.2, 0) is 19.5 Å². The molecule has 128 valence electrons. The van der Waals surface area contributed by atoms with Gasteiger partial charge in [0.25, 0.3) is 0 Å². The molecule has 1 aliphatic rings. The van der Waals surface area contributed by atoms with Gasteiger partial charge in [0.2, 0.25) is 0 Å². The third-order valence-corrected chi connectivity index (χ3v) is 5.12. The fraction of sp³-hybridized carbons (Fsp3) is 0.182. The molecule has 4 nitrogen and oxygen atoms in total. The van der Waals surface area contributed by atoms with E-state index in [-0.39, 0.29) is 0 Å². The predicted octanol–water partition coefficient (Wildman–Crippen LogP) is 3.95. The zero-order valence-electron chi connectivity index (χ0n) is 14.5. The Hall–Kier alpha value is -2.98. The molecule has 0 spiro atoms. The van der Waals surface area contributed by atoms with Crippen molar-refractivity contribution in [3.63, 3.8) is 0 Å². The van der Waals surface area contributed by atoms with E-state index in [1.165, 1.54) is 22.3 Å². The maximum Gasteiger partial charge on any atom is 0.136 e. The second-order valence-electron chi connectivity index (χ2n) is 6.84. The molecule has 0 N–H and O–H groups in total. The Kier molecular flexibility index (Phi) is 3.76. The highest BCUT2D eigenvalue weighted by atomic mass is 15.1. The van der Waals surface area contributed by atoms with Gasteiger partial charge in [0.05, 0.1) is 5.69 Å². The van der Waals surface area contributed by atoms with E-state index in [9.17, 15) is 0 Å². The zero-order valence-corrected chi connectivity index (χ0v) is 14.5. The number of pyridine rings is 2. The van der Waals surface area contributed by atoms with Crippen molar-refractivity contribution in [3.8, 4) is 11.1 Å². The van der Waals surface area contributed by atoms with Crippen LogP contribution in [0.5, 0.6) is 0 Å². The number of hydrogen-bond donors (Lipinski definition) is 0. The van der Waals surface area contributed by atoms with E-state index in [0.717, 1.165) is 37.4 Å². The third kappa shape index (κ3) is 2.78. The lowest BCUT2D eigenvalue weighted by Gasteiger charge is -2.13. The molecule has 4 aromatic rings. The summed E-state index contributed by atoms with van der Waals surface area (Å²) in [7, 11) is 0. The summed E-state index contributed by atoms with van der Waals surface area (Å²) in [6.07, 6.45) is 8.94. The first-order valence-electron chi connectivity index (χ1n) is 9.03. The smallest absolute Gasteiger partial charge is 0.136 e. The summed E-state index contributed by atoms with van der Waals surface area (Å²) in [4.78, 5) is 11.5. The molecule has 5 rings (SSSR count). The lowest BCUT2D eigenvalue weighted by molar-refractivity contribution is 0.287. The van der Waals surface area contributed by atoms with Gasteiger partial charge in [0, 0.05) is 56.4 Å².